The molecule has 0 unspecified atom stereocenters. The first-order valence-electron chi connectivity index (χ1n) is 9.21. The number of para-hydroxylation sites is 2. The minimum Gasteiger partial charge on any atom is -0.441 e. The molecule has 1 aliphatic rings. The Morgan fingerprint density at radius 1 is 1.11 bits per heavy atom. The van der Waals surface area contributed by atoms with E-state index < -0.39 is 0 Å². The van der Waals surface area contributed by atoms with Gasteiger partial charge in [-0.2, -0.15) is 4.98 Å². The van der Waals surface area contributed by atoms with Gasteiger partial charge in [0.2, 0.25) is 5.95 Å². The number of oxazole rings is 1. The van der Waals surface area contributed by atoms with Gasteiger partial charge in [0, 0.05) is 38.1 Å². The number of nitrogens with zero attached hydrogens (tertiary/aromatic N) is 3. The largest absolute Gasteiger partial charge is 0.441 e. The summed E-state index contributed by atoms with van der Waals surface area (Å²) in [6.45, 7) is 2.52. The zero-order chi connectivity index (χ0) is 18.5. The van der Waals surface area contributed by atoms with E-state index >= 15 is 0 Å². The number of anilines is 2. The summed E-state index contributed by atoms with van der Waals surface area (Å²) in [4.78, 5) is 13.5. The van der Waals surface area contributed by atoms with Crippen LogP contribution in [0.2, 0.25) is 0 Å². The topological polar surface area (TPSA) is 105 Å². The van der Waals surface area contributed by atoms with E-state index in [1.165, 1.54) is 0 Å². The molecule has 0 amide bonds. The number of aliphatic hydroxyl groups excluding tert-OH is 1. The molecule has 3 N–H and O–H groups in total. The highest BCUT2D eigenvalue weighted by molar-refractivity contribution is 5.72. The quantitative estimate of drug-likeness (QED) is 0.555. The number of hydrogen-bond donors (Lipinski definition) is 3. The van der Waals surface area contributed by atoms with Crippen molar-refractivity contribution >= 4 is 22.9 Å². The number of nitrogens with one attached hydrogen (secondary N) is 2. The molecule has 0 saturated carbocycles. The van der Waals surface area contributed by atoms with Crippen LogP contribution in [-0.2, 0) is 11.2 Å². The van der Waals surface area contributed by atoms with Crippen LogP contribution in [0.3, 0.4) is 0 Å². The molecule has 1 aromatic carbocycles. The molecule has 8 nitrogen and oxygen atoms in total. The van der Waals surface area contributed by atoms with E-state index in [-0.39, 0.29) is 12.5 Å². The monoisotopic (exact) mass is 369 g/mol. The average molecular weight is 369 g/mol. The van der Waals surface area contributed by atoms with Crippen LogP contribution in [0.15, 0.2) is 34.7 Å². The van der Waals surface area contributed by atoms with E-state index in [0.717, 1.165) is 35.6 Å². The summed E-state index contributed by atoms with van der Waals surface area (Å²) >= 11 is 0. The van der Waals surface area contributed by atoms with Crippen molar-refractivity contribution in [2.45, 2.75) is 18.8 Å². The molecule has 1 fully saturated rings. The Morgan fingerprint density at radius 2 is 2.04 bits per heavy atom. The maximum absolute atomic E-state index is 9.03. The third kappa shape index (κ3) is 4.35. The van der Waals surface area contributed by atoms with Gasteiger partial charge in [0.15, 0.2) is 11.5 Å². The molecule has 27 heavy (non-hydrogen) atoms. The van der Waals surface area contributed by atoms with Crippen molar-refractivity contribution in [1.29, 1.82) is 0 Å². The first kappa shape index (κ1) is 17.7. The van der Waals surface area contributed by atoms with Crippen LogP contribution in [-0.4, -0.2) is 53.0 Å². The van der Waals surface area contributed by atoms with Crippen molar-refractivity contribution in [3.05, 3.63) is 41.9 Å². The standard InChI is InChI=1S/C19H23N5O3/c25-9-8-21-19-23-15(13-6-10-26-12-13)11-17(24-19)20-7-5-18-22-14-3-1-2-4-16(14)27-18/h1-4,11,13,25H,5-10,12H2,(H2,20,21,23,24)/t13-/m1/s1. The highest BCUT2D eigenvalue weighted by atomic mass is 16.5. The van der Waals surface area contributed by atoms with Crippen LogP contribution in [0.4, 0.5) is 11.8 Å². The third-order valence-electron chi connectivity index (χ3n) is 4.47. The minimum absolute atomic E-state index is 0.0284. The number of rotatable bonds is 8. The molecule has 8 heteroatoms. The molecule has 0 spiro atoms. The lowest BCUT2D eigenvalue weighted by molar-refractivity contribution is 0.193. The highest BCUT2D eigenvalue weighted by Crippen LogP contribution is 2.26. The maximum atomic E-state index is 9.03. The van der Waals surface area contributed by atoms with Crippen molar-refractivity contribution in [3.63, 3.8) is 0 Å². The van der Waals surface area contributed by atoms with Crippen LogP contribution in [0, 0.1) is 0 Å². The molecule has 3 heterocycles. The Labute approximate surface area is 157 Å². The first-order chi connectivity index (χ1) is 13.3. The SMILES string of the molecule is OCCNc1nc(NCCc2nc3ccccc3o2)cc([C@@H]2CCOC2)n1. The summed E-state index contributed by atoms with van der Waals surface area (Å²) < 4.78 is 11.2. The Kier molecular flexibility index (Phi) is 5.45. The number of aromatic nitrogens is 3. The van der Waals surface area contributed by atoms with Crippen LogP contribution in [0.5, 0.6) is 0 Å². The van der Waals surface area contributed by atoms with E-state index in [4.69, 9.17) is 14.3 Å². The van der Waals surface area contributed by atoms with Gasteiger partial charge in [0.25, 0.3) is 0 Å². The molecule has 4 rings (SSSR count). The summed E-state index contributed by atoms with van der Waals surface area (Å²) in [6.07, 6.45) is 1.61. The molecule has 142 valence electrons. The van der Waals surface area contributed by atoms with Crippen molar-refractivity contribution < 1.29 is 14.3 Å². The fourth-order valence-corrected chi connectivity index (χ4v) is 3.10. The van der Waals surface area contributed by atoms with Gasteiger partial charge in [0.05, 0.1) is 18.9 Å². The van der Waals surface area contributed by atoms with Crippen molar-refractivity contribution in [2.75, 3.05) is 43.5 Å². The molecule has 0 aliphatic carbocycles. The number of aliphatic hydroxyl groups is 1. The molecule has 1 saturated heterocycles. The van der Waals surface area contributed by atoms with E-state index in [1.54, 1.807) is 0 Å². The fourth-order valence-electron chi connectivity index (χ4n) is 3.10. The molecule has 3 aromatic rings. The van der Waals surface area contributed by atoms with Crippen LogP contribution in [0.25, 0.3) is 11.1 Å². The van der Waals surface area contributed by atoms with E-state index in [1.807, 2.05) is 30.3 Å². The predicted octanol–water partition coefficient (Wildman–Crippen LogP) is 2.18. The second-order valence-corrected chi connectivity index (χ2v) is 6.46. The fraction of sp³-hybridized carbons (Fsp3) is 0.421. The van der Waals surface area contributed by atoms with Gasteiger partial charge in [-0.3, -0.25) is 0 Å². The predicted molar refractivity (Wildman–Crippen MR) is 102 cm³/mol. The second-order valence-electron chi connectivity index (χ2n) is 6.46. The summed E-state index contributed by atoms with van der Waals surface area (Å²) in [5.41, 5.74) is 2.62. The molecule has 1 aliphatic heterocycles. The maximum Gasteiger partial charge on any atom is 0.224 e. The van der Waals surface area contributed by atoms with Crippen molar-refractivity contribution in [1.82, 2.24) is 15.0 Å². The van der Waals surface area contributed by atoms with Gasteiger partial charge in [-0.15, -0.1) is 0 Å². The summed E-state index contributed by atoms with van der Waals surface area (Å²) in [5.74, 6) is 2.22. The summed E-state index contributed by atoms with van der Waals surface area (Å²) in [6, 6.07) is 9.71. The Bertz CT molecular complexity index is 859. The van der Waals surface area contributed by atoms with Gasteiger partial charge in [0.1, 0.15) is 11.3 Å². The normalized spacial score (nSPS) is 16.7. The van der Waals surface area contributed by atoms with Crippen LogP contribution in [0.1, 0.15) is 23.9 Å². The van der Waals surface area contributed by atoms with Gasteiger partial charge >= 0.3 is 0 Å². The molecule has 2 aromatic heterocycles. The Balaban J connectivity index is 1.43. The van der Waals surface area contributed by atoms with Crippen molar-refractivity contribution in [3.8, 4) is 0 Å². The zero-order valence-electron chi connectivity index (χ0n) is 15.0. The highest BCUT2D eigenvalue weighted by Gasteiger charge is 2.20. The Hall–Kier alpha value is -2.71. The minimum atomic E-state index is 0.0284. The van der Waals surface area contributed by atoms with Crippen molar-refractivity contribution in [2.24, 2.45) is 0 Å². The van der Waals surface area contributed by atoms with Gasteiger partial charge in [-0.1, -0.05) is 12.1 Å². The van der Waals surface area contributed by atoms with Crippen LogP contribution < -0.4 is 10.6 Å². The number of fused-ring (bicyclic) bond motifs is 1. The third-order valence-corrected chi connectivity index (χ3v) is 4.47. The van der Waals surface area contributed by atoms with Gasteiger partial charge in [-0.25, -0.2) is 9.97 Å². The first-order valence-corrected chi connectivity index (χ1v) is 9.21. The number of benzene rings is 1. The molecule has 0 bridgehead atoms. The molecule has 1 atom stereocenters. The molecule has 0 radical (unpaired) electrons. The average Bonchev–Trinajstić information content (AvgIpc) is 3.35. The Morgan fingerprint density at radius 3 is 2.85 bits per heavy atom. The number of ether oxygens (including phenoxy) is 1. The lowest BCUT2D eigenvalue weighted by Gasteiger charge is -2.13. The smallest absolute Gasteiger partial charge is 0.224 e. The summed E-state index contributed by atoms with van der Waals surface area (Å²) in [5, 5.41) is 15.4. The van der Waals surface area contributed by atoms with E-state index in [2.05, 4.69) is 25.6 Å². The lowest BCUT2D eigenvalue weighted by atomic mass is 10.0. The number of hydrogen-bond acceptors (Lipinski definition) is 8. The zero-order valence-corrected chi connectivity index (χ0v) is 15.0. The lowest BCUT2D eigenvalue weighted by Crippen LogP contribution is -2.14. The molecular weight excluding hydrogens is 346 g/mol. The van der Waals surface area contributed by atoms with Crippen LogP contribution >= 0.6 is 0 Å². The molecular formula is C19H23N5O3. The van der Waals surface area contributed by atoms with E-state index in [9.17, 15) is 0 Å². The van der Waals surface area contributed by atoms with E-state index in [0.29, 0.717) is 38.0 Å². The van der Waals surface area contributed by atoms with Gasteiger partial charge < -0.3 is 24.9 Å². The second kappa shape index (κ2) is 8.32. The summed E-state index contributed by atoms with van der Waals surface area (Å²) in [7, 11) is 0. The van der Waals surface area contributed by atoms with Gasteiger partial charge in [-0.05, 0) is 18.6 Å².